The molecule has 0 saturated heterocycles. The Kier molecular flexibility index (Phi) is 4.82. The third-order valence-corrected chi connectivity index (χ3v) is 4.85. The Balaban J connectivity index is 1.62. The summed E-state index contributed by atoms with van der Waals surface area (Å²) in [6, 6.07) is 16.2. The number of amides is 1. The zero-order chi connectivity index (χ0) is 16.2. The summed E-state index contributed by atoms with van der Waals surface area (Å²) in [7, 11) is 1.86. The van der Waals surface area contributed by atoms with Gasteiger partial charge < -0.3 is 9.88 Å². The van der Waals surface area contributed by atoms with Crippen LogP contribution < -0.4 is 0 Å². The van der Waals surface area contributed by atoms with E-state index < -0.39 is 0 Å². The Morgan fingerprint density at radius 2 is 1.83 bits per heavy atom. The molecule has 0 aliphatic rings. The van der Waals surface area contributed by atoms with Crippen LogP contribution in [0.4, 0.5) is 0 Å². The summed E-state index contributed by atoms with van der Waals surface area (Å²) in [5.41, 5.74) is 3.44. The maximum atomic E-state index is 12.4. The number of carbonyl (C=O) groups is 1. The smallest absolute Gasteiger partial charge is 0.222 e. The first kappa shape index (κ1) is 15.8. The minimum atomic E-state index is 0.158. The summed E-state index contributed by atoms with van der Waals surface area (Å²) in [5.74, 6) is 0.158. The molecule has 0 atom stereocenters. The molecular weight excluding hydrogens is 352 g/mol. The van der Waals surface area contributed by atoms with Crippen LogP contribution >= 0.6 is 15.9 Å². The number of aryl methyl sites for hydroxylation is 1. The van der Waals surface area contributed by atoms with Crippen LogP contribution in [0.5, 0.6) is 0 Å². The zero-order valence-electron chi connectivity index (χ0n) is 13.1. The largest absolute Gasteiger partial charge is 0.361 e. The van der Waals surface area contributed by atoms with Gasteiger partial charge in [-0.15, -0.1) is 0 Å². The van der Waals surface area contributed by atoms with Gasteiger partial charge >= 0.3 is 0 Å². The molecule has 4 heteroatoms. The third kappa shape index (κ3) is 3.64. The van der Waals surface area contributed by atoms with E-state index in [2.05, 4.69) is 33.0 Å². The second-order valence-electron chi connectivity index (χ2n) is 5.70. The van der Waals surface area contributed by atoms with Crippen molar-refractivity contribution in [1.82, 2.24) is 9.88 Å². The van der Waals surface area contributed by atoms with E-state index in [1.165, 1.54) is 10.9 Å². The predicted octanol–water partition coefficient (Wildman–Crippen LogP) is 4.52. The monoisotopic (exact) mass is 370 g/mol. The highest BCUT2D eigenvalue weighted by molar-refractivity contribution is 9.10. The number of benzene rings is 2. The van der Waals surface area contributed by atoms with Gasteiger partial charge in [-0.1, -0.05) is 52.3 Å². The van der Waals surface area contributed by atoms with Crippen LogP contribution in [0.1, 0.15) is 17.5 Å². The normalized spacial score (nSPS) is 10.9. The molecule has 0 saturated carbocycles. The van der Waals surface area contributed by atoms with Crippen molar-refractivity contribution in [1.29, 1.82) is 0 Å². The lowest BCUT2D eigenvalue weighted by Gasteiger charge is -2.18. The van der Waals surface area contributed by atoms with Gasteiger partial charge in [0.1, 0.15) is 0 Å². The fraction of sp³-hybridized carbons (Fsp3) is 0.211. The number of hydrogen-bond donors (Lipinski definition) is 1. The number of halogens is 1. The molecule has 3 aromatic rings. The van der Waals surface area contributed by atoms with E-state index in [0.29, 0.717) is 13.0 Å². The van der Waals surface area contributed by atoms with Crippen molar-refractivity contribution in [2.45, 2.75) is 19.4 Å². The molecule has 118 valence electrons. The maximum absolute atomic E-state index is 12.4. The Morgan fingerprint density at radius 1 is 1.09 bits per heavy atom. The molecule has 0 fully saturated rings. The number of fused-ring (bicyclic) bond motifs is 1. The molecule has 1 amide bonds. The van der Waals surface area contributed by atoms with E-state index >= 15 is 0 Å². The molecule has 2 aromatic carbocycles. The lowest BCUT2D eigenvalue weighted by Crippen LogP contribution is -2.26. The fourth-order valence-electron chi connectivity index (χ4n) is 2.74. The maximum Gasteiger partial charge on any atom is 0.222 e. The molecule has 0 spiro atoms. The minimum Gasteiger partial charge on any atom is -0.361 e. The molecular formula is C19H19BrN2O. The van der Waals surface area contributed by atoms with Crippen LogP contribution in [0.2, 0.25) is 0 Å². The van der Waals surface area contributed by atoms with Crippen molar-refractivity contribution in [3.8, 4) is 0 Å². The highest BCUT2D eigenvalue weighted by Gasteiger charge is 2.12. The number of carbonyl (C=O) groups excluding carboxylic acids is 1. The number of nitrogens with one attached hydrogen (secondary N) is 1. The number of rotatable bonds is 5. The summed E-state index contributed by atoms with van der Waals surface area (Å²) < 4.78 is 1.04. The van der Waals surface area contributed by atoms with Gasteiger partial charge in [-0.3, -0.25) is 4.79 Å². The first-order valence-corrected chi connectivity index (χ1v) is 8.47. The van der Waals surface area contributed by atoms with Crippen molar-refractivity contribution in [2.75, 3.05) is 7.05 Å². The molecule has 0 bridgehead atoms. The van der Waals surface area contributed by atoms with Crippen LogP contribution in [-0.4, -0.2) is 22.8 Å². The van der Waals surface area contributed by atoms with Crippen molar-refractivity contribution in [3.05, 3.63) is 70.3 Å². The number of aromatic amines is 1. The van der Waals surface area contributed by atoms with Gasteiger partial charge in [-0.25, -0.2) is 0 Å². The van der Waals surface area contributed by atoms with Crippen LogP contribution in [-0.2, 0) is 17.8 Å². The topological polar surface area (TPSA) is 36.1 Å². The van der Waals surface area contributed by atoms with Crippen LogP contribution in [0.3, 0.4) is 0 Å². The Hall–Kier alpha value is -2.07. The second-order valence-corrected chi connectivity index (χ2v) is 6.56. The van der Waals surface area contributed by atoms with E-state index in [4.69, 9.17) is 0 Å². The average Bonchev–Trinajstić information content (AvgIpc) is 2.98. The lowest BCUT2D eigenvalue weighted by atomic mass is 10.1. The van der Waals surface area contributed by atoms with Gasteiger partial charge in [0.15, 0.2) is 0 Å². The average molecular weight is 371 g/mol. The van der Waals surface area contributed by atoms with Crippen molar-refractivity contribution in [3.63, 3.8) is 0 Å². The molecule has 3 rings (SSSR count). The summed E-state index contributed by atoms with van der Waals surface area (Å²) in [6.45, 7) is 0.619. The van der Waals surface area contributed by atoms with Gasteiger partial charge in [0.2, 0.25) is 5.91 Å². The van der Waals surface area contributed by atoms with Gasteiger partial charge in [-0.05, 0) is 29.7 Å². The summed E-state index contributed by atoms with van der Waals surface area (Å²) in [4.78, 5) is 17.4. The van der Waals surface area contributed by atoms with E-state index in [-0.39, 0.29) is 5.91 Å². The lowest BCUT2D eigenvalue weighted by molar-refractivity contribution is -0.130. The molecule has 1 N–H and O–H groups in total. The standard InChI is InChI=1S/C19H19BrN2O/c1-22(13-15-6-2-4-8-17(15)20)19(23)11-10-14-12-21-18-9-5-3-7-16(14)18/h2-9,12,21H,10-11,13H2,1H3. The van der Waals surface area contributed by atoms with Gasteiger partial charge in [0, 0.05) is 41.6 Å². The third-order valence-electron chi connectivity index (χ3n) is 4.07. The molecule has 3 nitrogen and oxygen atoms in total. The van der Waals surface area contributed by atoms with Crippen molar-refractivity contribution >= 4 is 32.7 Å². The van der Waals surface area contributed by atoms with E-state index in [0.717, 1.165) is 22.0 Å². The molecule has 23 heavy (non-hydrogen) atoms. The van der Waals surface area contributed by atoms with Crippen molar-refractivity contribution < 1.29 is 4.79 Å². The second kappa shape index (κ2) is 7.01. The van der Waals surface area contributed by atoms with Crippen LogP contribution in [0, 0.1) is 0 Å². The summed E-state index contributed by atoms with van der Waals surface area (Å²) in [5, 5.41) is 1.20. The van der Waals surface area contributed by atoms with Crippen molar-refractivity contribution in [2.24, 2.45) is 0 Å². The van der Waals surface area contributed by atoms with E-state index in [1.54, 1.807) is 4.90 Å². The fourth-order valence-corrected chi connectivity index (χ4v) is 3.15. The number of para-hydroxylation sites is 1. The highest BCUT2D eigenvalue weighted by Crippen LogP contribution is 2.20. The Labute approximate surface area is 144 Å². The first-order chi connectivity index (χ1) is 11.1. The van der Waals surface area contributed by atoms with Gasteiger partial charge in [0.05, 0.1) is 0 Å². The summed E-state index contributed by atoms with van der Waals surface area (Å²) >= 11 is 3.53. The number of H-pyrrole nitrogens is 1. The Bertz CT molecular complexity index is 825. The minimum absolute atomic E-state index is 0.158. The van der Waals surface area contributed by atoms with Gasteiger partial charge in [-0.2, -0.15) is 0 Å². The predicted molar refractivity (Wildman–Crippen MR) is 97.2 cm³/mol. The molecule has 0 aliphatic heterocycles. The highest BCUT2D eigenvalue weighted by atomic mass is 79.9. The zero-order valence-corrected chi connectivity index (χ0v) is 14.6. The van der Waals surface area contributed by atoms with E-state index in [1.807, 2.05) is 49.6 Å². The number of aromatic nitrogens is 1. The SMILES string of the molecule is CN(Cc1ccccc1Br)C(=O)CCc1c[nH]c2ccccc12. The van der Waals surface area contributed by atoms with Crippen LogP contribution in [0.25, 0.3) is 10.9 Å². The van der Waals surface area contributed by atoms with E-state index in [9.17, 15) is 4.79 Å². The molecule has 1 aromatic heterocycles. The van der Waals surface area contributed by atoms with Gasteiger partial charge in [0.25, 0.3) is 0 Å². The molecule has 0 unspecified atom stereocenters. The quantitative estimate of drug-likeness (QED) is 0.703. The van der Waals surface area contributed by atoms with Crippen LogP contribution in [0.15, 0.2) is 59.2 Å². The number of hydrogen-bond acceptors (Lipinski definition) is 1. The number of nitrogens with zero attached hydrogens (tertiary/aromatic N) is 1. The summed E-state index contributed by atoms with van der Waals surface area (Å²) in [6.07, 6.45) is 3.28. The molecule has 0 radical (unpaired) electrons. The molecule has 1 heterocycles. The molecule has 0 aliphatic carbocycles. The first-order valence-electron chi connectivity index (χ1n) is 7.67. The Morgan fingerprint density at radius 3 is 2.65 bits per heavy atom.